The summed E-state index contributed by atoms with van der Waals surface area (Å²) in [5, 5.41) is 0. The van der Waals surface area contributed by atoms with E-state index in [0.29, 0.717) is 12.6 Å². The van der Waals surface area contributed by atoms with Gasteiger partial charge in [0.2, 0.25) is 0 Å². The zero-order chi connectivity index (χ0) is 10.5. The van der Waals surface area contributed by atoms with E-state index in [2.05, 4.69) is 12.4 Å². The smallest absolute Gasteiger partial charge is 0.120 e. The van der Waals surface area contributed by atoms with Crippen molar-refractivity contribution >= 4 is 0 Å². The van der Waals surface area contributed by atoms with Crippen LogP contribution in [-0.4, -0.2) is 6.10 Å². The molecule has 1 aromatic heterocycles. The molecule has 0 saturated heterocycles. The van der Waals surface area contributed by atoms with E-state index in [1.807, 2.05) is 12.1 Å². The van der Waals surface area contributed by atoms with E-state index in [1.54, 1.807) is 0 Å². The largest absolute Gasteiger partial charge is 0.465 e. The molecule has 0 bridgehead atoms. The minimum atomic E-state index is 0.408. The van der Waals surface area contributed by atoms with Gasteiger partial charge in [0.15, 0.2) is 0 Å². The van der Waals surface area contributed by atoms with Crippen LogP contribution >= 0.6 is 0 Å². The molecule has 0 atom stereocenters. The molecule has 1 fully saturated rings. The van der Waals surface area contributed by atoms with Crippen LogP contribution in [0.1, 0.15) is 44.1 Å². The maximum Gasteiger partial charge on any atom is 0.120 e. The highest BCUT2D eigenvalue weighted by atomic mass is 16.7. The summed E-state index contributed by atoms with van der Waals surface area (Å²) in [6, 6.07) is 4.02. The number of aryl methyl sites for hydroxylation is 1. The van der Waals surface area contributed by atoms with Gasteiger partial charge in [-0.1, -0.05) is 19.8 Å². The lowest BCUT2D eigenvalue weighted by molar-refractivity contribution is -0.0269. The van der Waals surface area contributed by atoms with E-state index in [1.165, 1.54) is 25.7 Å². The SMILES string of the molecule is CCc1ccc(CNOC2CCCC2)o1. The molecular weight excluding hydrogens is 190 g/mol. The van der Waals surface area contributed by atoms with Crippen molar-refractivity contribution in [2.75, 3.05) is 0 Å². The fraction of sp³-hybridized carbons (Fsp3) is 0.667. The summed E-state index contributed by atoms with van der Waals surface area (Å²) >= 11 is 0. The number of hydroxylamine groups is 1. The third kappa shape index (κ3) is 3.08. The Balaban J connectivity index is 1.68. The normalized spacial score (nSPS) is 17.4. The molecule has 0 amide bonds. The van der Waals surface area contributed by atoms with Crippen LogP contribution in [0.4, 0.5) is 0 Å². The molecule has 84 valence electrons. The van der Waals surface area contributed by atoms with E-state index in [0.717, 1.165) is 17.9 Å². The van der Waals surface area contributed by atoms with Crippen molar-refractivity contribution in [2.45, 2.75) is 51.7 Å². The Morgan fingerprint density at radius 3 is 2.73 bits per heavy atom. The average Bonchev–Trinajstić information content (AvgIpc) is 2.88. The van der Waals surface area contributed by atoms with E-state index in [-0.39, 0.29) is 0 Å². The van der Waals surface area contributed by atoms with Gasteiger partial charge in [0.05, 0.1) is 12.6 Å². The summed E-state index contributed by atoms with van der Waals surface area (Å²) < 4.78 is 5.56. The van der Waals surface area contributed by atoms with Crippen molar-refractivity contribution in [2.24, 2.45) is 0 Å². The summed E-state index contributed by atoms with van der Waals surface area (Å²) in [4.78, 5) is 5.54. The molecule has 15 heavy (non-hydrogen) atoms. The quantitative estimate of drug-likeness (QED) is 0.757. The van der Waals surface area contributed by atoms with Crippen molar-refractivity contribution in [3.8, 4) is 0 Å². The van der Waals surface area contributed by atoms with Crippen molar-refractivity contribution in [1.29, 1.82) is 0 Å². The molecule has 3 heteroatoms. The number of hydrogen-bond donors (Lipinski definition) is 1. The molecule has 1 aliphatic rings. The molecule has 1 N–H and O–H groups in total. The maximum absolute atomic E-state index is 5.56. The average molecular weight is 209 g/mol. The highest BCUT2D eigenvalue weighted by molar-refractivity contribution is 5.06. The molecule has 0 aliphatic heterocycles. The standard InChI is InChI=1S/C12H19NO2/c1-2-10-7-8-12(14-10)9-13-15-11-5-3-4-6-11/h7-8,11,13H,2-6,9H2,1H3. The summed E-state index contributed by atoms with van der Waals surface area (Å²) in [7, 11) is 0. The van der Waals surface area contributed by atoms with Crippen LogP contribution in [0.2, 0.25) is 0 Å². The Morgan fingerprint density at radius 2 is 2.07 bits per heavy atom. The first-order valence-electron chi connectivity index (χ1n) is 5.84. The van der Waals surface area contributed by atoms with Crippen LogP contribution in [0.3, 0.4) is 0 Å². The summed E-state index contributed by atoms with van der Waals surface area (Å²) in [6.07, 6.45) is 6.33. The lowest BCUT2D eigenvalue weighted by Crippen LogP contribution is -2.21. The van der Waals surface area contributed by atoms with E-state index in [4.69, 9.17) is 9.25 Å². The third-order valence-electron chi connectivity index (χ3n) is 2.86. The molecular formula is C12H19NO2. The number of hydrogen-bond acceptors (Lipinski definition) is 3. The molecule has 0 aromatic carbocycles. The predicted molar refractivity (Wildman–Crippen MR) is 58.3 cm³/mol. The van der Waals surface area contributed by atoms with Gasteiger partial charge in [0, 0.05) is 6.42 Å². The van der Waals surface area contributed by atoms with Crippen molar-refractivity contribution in [3.63, 3.8) is 0 Å². The molecule has 1 saturated carbocycles. The van der Waals surface area contributed by atoms with Crippen LogP contribution in [0, 0.1) is 0 Å². The molecule has 0 unspecified atom stereocenters. The Hall–Kier alpha value is -0.800. The Bertz CT molecular complexity index is 290. The van der Waals surface area contributed by atoms with Crippen LogP contribution < -0.4 is 5.48 Å². The van der Waals surface area contributed by atoms with E-state index in [9.17, 15) is 0 Å². The first-order chi connectivity index (χ1) is 7.38. The first-order valence-corrected chi connectivity index (χ1v) is 5.84. The lowest BCUT2D eigenvalue weighted by Gasteiger charge is -2.10. The summed E-state index contributed by atoms with van der Waals surface area (Å²) in [6.45, 7) is 2.75. The number of nitrogens with one attached hydrogen (secondary N) is 1. The van der Waals surface area contributed by atoms with Crippen molar-refractivity contribution < 1.29 is 9.25 Å². The second kappa shape index (κ2) is 5.33. The molecule has 3 nitrogen and oxygen atoms in total. The molecule has 1 aliphatic carbocycles. The van der Waals surface area contributed by atoms with Gasteiger partial charge in [0.25, 0.3) is 0 Å². The van der Waals surface area contributed by atoms with Crippen LogP contribution in [0.15, 0.2) is 16.5 Å². The van der Waals surface area contributed by atoms with Crippen molar-refractivity contribution in [1.82, 2.24) is 5.48 Å². The van der Waals surface area contributed by atoms with Gasteiger partial charge >= 0.3 is 0 Å². The van der Waals surface area contributed by atoms with Gasteiger partial charge in [-0.3, -0.25) is 4.84 Å². The Kier molecular flexibility index (Phi) is 3.80. The topological polar surface area (TPSA) is 34.4 Å². The fourth-order valence-electron chi connectivity index (χ4n) is 1.94. The second-order valence-electron chi connectivity index (χ2n) is 4.07. The lowest BCUT2D eigenvalue weighted by atomic mass is 10.3. The zero-order valence-corrected chi connectivity index (χ0v) is 9.29. The van der Waals surface area contributed by atoms with Gasteiger partial charge < -0.3 is 4.42 Å². The number of rotatable bonds is 5. The molecule has 1 heterocycles. The van der Waals surface area contributed by atoms with Crippen LogP contribution in [0.25, 0.3) is 0 Å². The molecule has 0 radical (unpaired) electrons. The van der Waals surface area contributed by atoms with Crippen LogP contribution in [-0.2, 0) is 17.8 Å². The zero-order valence-electron chi connectivity index (χ0n) is 9.29. The molecule has 0 spiro atoms. The first kappa shape index (κ1) is 10.7. The maximum atomic E-state index is 5.56. The van der Waals surface area contributed by atoms with Gasteiger partial charge in [0.1, 0.15) is 11.5 Å². The highest BCUT2D eigenvalue weighted by Crippen LogP contribution is 2.20. The Labute approximate surface area is 90.8 Å². The second-order valence-corrected chi connectivity index (χ2v) is 4.07. The van der Waals surface area contributed by atoms with E-state index >= 15 is 0 Å². The van der Waals surface area contributed by atoms with Gasteiger partial charge in [-0.05, 0) is 25.0 Å². The minimum Gasteiger partial charge on any atom is -0.465 e. The summed E-state index contributed by atoms with van der Waals surface area (Å²) in [5.74, 6) is 1.98. The fourth-order valence-corrected chi connectivity index (χ4v) is 1.94. The molecule has 1 aromatic rings. The van der Waals surface area contributed by atoms with Gasteiger partial charge in [-0.15, -0.1) is 0 Å². The number of furan rings is 1. The predicted octanol–water partition coefficient (Wildman–Crippen LogP) is 2.81. The van der Waals surface area contributed by atoms with Crippen molar-refractivity contribution in [3.05, 3.63) is 23.7 Å². The third-order valence-corrected chi connectivity index (χ3v) is 2.86. The summed E-state index contributed by atoms with van der Waals surface area (Å²) in [5.41, 5.74) is 2.99. The van der Waals surface area contributed by atoms with E-state index < -0.39 is 0 Å². The minimum absolute atomic E-state index is 0.408. The Morgan fingerprint density at radius 1 is 1.33 bits per heavy atom. The van der Waals surface area contributed by atoms with Gasteiger partial charge in [-0.25, -0.2) is 0 Å². The monoisotopic (exact) mass is 209 g/mol. The molecule has 2 rings (SSSR count). The highest BCUT2D eigenvalue weighted by Gasteiger charge is 2.15. The van der Waals surface area contributed by atoms with Crippen LogP contribution in [0.5, 0.6) is 0 Å². The van der Waals surface area contributed by atoms with Gasteiger partial charge in [-0.2, -0.15) is 5.48 Å².